The van der Waals surface area contributed by atoms with E-state index in [2.05, 4.69) is 15.0 Å². The van der Waals surface area contributed by atoms with Crippen molar-refractivity contribution in [1.82, 2.24) is 15.0 Å². The Morgan fingerprint density at radius 1 is 1.17 bits per heavy atom. The van der Waals surface area contributed by atoms with E-state index in [0.29, 0.717) is 0 Å². The molecule has 2 aliphatic rings. The summed E-state index contributed by atoms with van der Waals surface area (Å²) in [5.74, 6) is 1.63. The van der Waals surface area contributed by atoms with Crippen LogP contribution in [0.5, 0.6) is 0 Å². The topological polar surface area (TPSA) is 38.7 Å². The number of rotatable bonds is 0. The average Bonchev–Trinajstić information content (AvgIpc) is 2.17. The number of imidazole rings is 1. The van der Waals surface area contributed by atoms with Crippen molar-refractivity contribution in [2.45, 2.75) is 0 Å². The zero-order valence-corrected chi connectivity index (χ0v) is 2.92. The number of nitrogens with zero attached hydrogens (tertiary/aromatic N) is 3. The summed E-state index contributed by atoms with van der Waals surface area (Å²) >= 11 is 0. The van der Waals surface area contributed by atoms with Crippen molar-refractivity contribution in [3.05, 3.63) is 6.33 Å². The molecule has 0 N–H and O–H groups in total. The van der Waals surface area contributed by atoms with Gasteiger partial charge in [-0.05, 0) is 0 Å². The molecule has 2 heterocycles. The number of hydrogen-bond donors (Lipinski definition) is 0. The van der Waals surface area contributed by atoms with Gasteiger partial charge in [-0.1, -0.05) is 0 Å². The Labute approximate surface area is 34.1 Å². The average molecular weight is 79.1 g/mol. The van der Waals surface area contributed by atoms with Crippen LogP contribution in [0.25, 0.3) is 11.6 Å². The SMILES string of the molecule is c1nc2nc-2n1. The van der Waals surface area contributed by atoms with E-state index >= 15 is 0 Å². The van der Waals surface area contributed by atoms with E-state index in [4.69, 9.17) is 0 Å². The minimum atomic E-state index is 0.815. The second kappa shape index (κ2) is 0.448. The van der Waals surface area contributed by atoms with Gasteiger partial charge >= 0.3 is 0 Å². The molecule has 0 unspecified atom stereocenters. The van der Waals surface area contributed by atoms with Gasteiger partial charge in [-0.25, -0.2) is 15.0 Å². The summed E-state index contributed by atoms with van der Waals surface area (Å²) < 4.78 is 0. The van der Waals surface area contributed by atoms with Crippen molar-refractivity contribution in [3.63, 3.8) is 0 Å². The van der Waals surface area contributed by atoms with Gasteiger partial charge in [-0.2, -0.15) is 0 Å². The smallest absolute Gasteiger partial charge is 0.201 e. The summed E-state index contributed by atoms with van der Waals surface area (Å²) in [4.78, 5) is 11.2. The van der Waals surface area contributed by atoms with E-state index in [-0.39, 0.29) is 0 Å². The van der Waals surface area contributed by atoms with Gasteiger partial charge in [-0.3, -0.25) is 0 Å². The first kappa shape index (κ1) is 2.23. The van der Waals surface area contributed by atoms with Gasteiger partial charge in [0.05, 0.1) is 0 Å². The first-order valence-corrected chi connectivity index (χ1v) is 1.66. The second-order valence-electron chi connectivity index (χ2n) is 1.13. The van der Waals surface area contributed by atoms with Gasteiger partial charge in [0, 0.05) is 0 Å². The molecule has 0 atom stereocenters. The van der Waals surface area contributed by atoms with Crippen molar-refractivity contribution in [1.29, 1.82) is 0 Å². The molecule has 0 aromatic rings. The van der Waals surface area contributed by atoms with Crippen LogP contribution in [0.15, 0.2) is 6.33 Å². The summed E-state index contributed by atoms with van der Waals surface area (Å²) in [7, 11) is 0. The zero-order valence-electron chi connectivity index (χ0n) is 2.92. The first-order chi connectivity index (χ1) is 2.97. The fraction of sp³-hybridized carbons (Fsp3) is 0. The summed E-state index contributed by atoms with van der Waals surface area (Å²) in [6, 6.07) is 0. The Morgan fingerprint density at radius 2 is 1.83 bits per heavy atom. The summed E-state index contributed by atoms with van der Waals surface area (Å²) in [5, 5.41) is 0. The molecule has 3 heteroatoms. The van der Waals surface area contributed by atoms with Crippen LogP contribution < -0.4 is 0 Å². The fourth-order valence-electron chi connectivity index (χ4n) is 0.384. The van der Waals surface area contributed by atoms with Crippen LogP contribution in [0.1, 0.15) is 0 Å². The Bertz CT molecular complexity index is 166. The van der Waals surface area contributed by atoms with Crippen LogP contribution in [-0.2, 0) is 0 Å². The molecule has 0 saturated heterocycles. The Hall–Kier alpha value is -0.990. The normalized spacial score (nSPS) is 11.3. The van der Waals surface area contributed by atoms with Gasteiger partial charge in [0.15, 0.2) is 0 Å². The van der Waals surface area contributed by atoms with E-state index in [0.717, 1.165) is 11.6 Å². The third-order valence-electron chi connectivity index (χ3n) is 0.722. The van der Waals surface area contributed by atoms with Crippen LogP contribution in [0, 0.1) is 0 Å². The van der Waals surface area contributed by atoms with E-state index in [1.165, 1.54) is 6.33 Å². The molecule has 0 saturated carbocycles. The maximum Gasteiger partial charge on any atom is 0.201 e. The number of aromatic nitrogens is 3. The quantitative estimate of drug-likeness (QED) is 0.441. The lowest BCUT2D eigenvalue weighted by atomic mass is 10.8. The van der Waals surface area contributed by atoms with Crippen molar-refractivity contribution < 1.29 is 0 Å². The van der Waals surface area contributed by atoms with Gasteiger partial charge in [0.1, 0.15) is 6.33 Å². The Balaban J connectivity index is 2.91. The maximum atomic E-state index is 3.73. The van der Waals surface area contributed by atoms with Gasteiger partial charge in [0.25, 0.3) is 0 Å². The van der Waals surface area contributed by atoms with E-state index in [9.17, 15) is 0 Å². The van der Waals surface area contributed by atoms with Crippen molar-refractivity contribution in [2.75, 3.05) is 0 Å². The van der Waals surface area contributed by atoms with Gasteiger partial charge in [-0.15, -0.1) is 0 Å². The second-order valence-corrected chi connectivity index (χ2v) is 1.13. The van der Waals surface area contributed by atoms with Crippen LogP contribution in [0.4, 0.5) is 0 Å². The molecule has 2 rings (SSSR count). The van der Waals surface area contributed by atoms with Crippen LogP contribution in [0.2, 0.25) is 0 Å². The minimum Gasteiger partial charge on any atom is -0.213 e. The monoisotopic (exact) mass is 79.0 g/mol. The van der Waals surface area contributed by atoms with Crippen molar-refractivity contribution in [3.8, 4) is 11.6 Å². The molecule has 0 bridgehead atoms. The van der Waals surface area contributed by atoms with E-state index < -0.39 is 0 Å². The molecule has 0 aromatic heterocycles. The lowest BCUT2D eigenvalue weighted by Crippen LogP contribution is -1.52. The molecule has 0 aromatic carbocycles. The molecule has 3 nitrogen and oxygen atoms in total. The third kappa shape index (κ3) is 0.100. The largest absolute Gasteiger partial charge is 0.213 e. The molecule has 0 amide bonds. The predicted octanol–water partition coefficient (Wildman–Crippen LogP) is -0.148. The Morgan fingerprint density at radius 3 is 2.00 bits per heavy atom. The molecule has 2 aliphatic heterocycles. The molecular formula is C3HN3. The Kier molecular flexibility index (Phi) is 0.166. The predicted molar refractivity (Wildman–Crippen MR) is 18.8 cm³/mol. The van der Waals surface area contributed by atoms with Crippen LogP contribution in [-0.4, -0.2) is 15.0 Å². The summed E-state index contributed by atoms with van der Waals surface area (Å²) in [5.41, 5.74) is 0. The van der Waals surface area contributed by atoms with Crippen molar-refractivity contribution in [2.24, 2.45) is 0 Å². The maximum absolute atomic E-state index is 3.73. The molecule has 0 spiro atoms. The highest BCUT2D eigenvalue weighted by Gasteiger charge is 2.16. The minimum absolute atomic E-state index is 0.815. The lowest BCUT2D eigenvalue weighted by Gasteiger charge is -1.47. The van der Waals surface area contributed by atoms with Gasteiger partial charge in [0.2, 0.25) is 11.6 Å². The van der Waals surface area contributed by atoms with Crippen LogP contribution in [0.3, 0.4) is 0 Å². The molecular weight excluding hydrogens is 78.1 g/mol. The number of hydrogen-bond acceptors (Lipinski definition) is 3. The number of fused-ring (bicyclic) bond motifs is 1. The highest BCUT2D eigenvalue weighted by molar-refractivity contribution is 5.55. The molecule has 28 valence electrons. The highest BCUT2D eigenvalue weighted by atomic mass is 15.1. The summed E-state index contributed by atoms with van der Waals surface area (Å²) in [6.07, 6.45) is 1.51. The molecule has 6 heavy (non-hydrogen) atoms. The fourth-order valence-corrected chi connectivity index (χ4v) is 0.384. The molecule has 0 aliphatic carbocycles. The zero-order chi connectivity index (χ0) is 3.98. The van der Waals surface area contributed by atoms with E-state index in [1.807, 2.05) is 0 Å². The van der Waals surface area contributed by atoms with E-state index in [1.54, 1.807) is 0 Å². The van der Waals surface area contributed by atoms with Gasteiger partial charge < -0.3 is 0 Å². The molecule has 0 radical (unpaired) electrons. The van der Waals surface area contributed by atoms with Crippen LogP contribution >= 0.6 is 0 Å². The molecule has 0 fully saturated rings. The van der Waals surface area contributed by atoms with Crippen molar-refractivity contribution >= 4 is 0 Å². The standard InChI is InChI=1S/C3HN3/c1-4-2-3(5-1)6-2/h1H. The third-order valence-corrected chi connectivity index (χ3v) is 0.722. The first-order valence-electron chi connectivity index (χ1n) is 1.66. The summed E-state index contributed by atoms with van der Waals surface area (Å²) in [6.45, 7) is 0. The highest BCUT2D eigenvalue weighted by Crippen LogP contribution is 2.17. The lowest BCUT2D eigenvalue weighted by molar-refractivity contribution is 1.26.